The van der Waals surface area contributed by atoms with Gasteiger partial charge in [-0.3, -0.25) is 4.79 Å². The molecule has 1 aliphatic rings. The van der Waals surface area contributed by atoms with Crippen LogP contribution in [0, 0.1) is 0 Å². The van der Waals surface area contributed by atoms with Crippen molar-refractivity contribution >= 4 is 29.1 Å². The fraction of sp³-hybridized carbons (Fsp3) is 0.381. The second-order valence-electron chi connectivity index (χ2n) is 6.82. The summed E-state index contributed by atoms with van der Waals surface area (Å²) < 4.78 is 10.8. The molecule has 0 saturated carbocycles. The van der Waals surface area contributed by atoms with Gasteiger partial charge in [0.1, 0.15) is 5.75 Å². The van der Waals surface area contributed by atoms with Crippen molar-refractivity contribution in [3.63, 3.8) is 0 Å². The van der Waals surface area contributed by atoms with Crippen LogP contribution < -0.4 is 10.1 Å². The van der Waals surface area contributed by atoms with E-state index in [2.05, 4.69) is 17.4 Å². The first-order valence-corrected chi connectivity index (χ1v) is 9.71. The molecule has 1 N–H and O–H groups in total. The maximum atomic E-state index is 12.5. The molecule has 1 heterocycles. The van der Waals surface area contributed by atoms with Crippen LogP contribution in [0.5, 0.6) is 5.75 Å². The van der Waals surface area contributed by atoms with Crippen molar-refractivity contribution in [2.75, 3.05) is 26.9 Å². The number of hydrogen-bond acceptors (Lipinski definition) is 3. The Kier molecular flexibility index (Phi) is 6.64. The molecule has 0 atom stereocenters. The summed E-state index contributed by atoms with van der Waals surface area (Å²) in [4.78, 5) is 12.5. The standard InChI is InChI=1S/C21H23Cl2NO3/c1-26-17-5-3-16(4-6-17)21(8-10-27-11-9-21)14-24-20(25)13-15-2-7-18(22)19(23)12-15/h2-7,12H,8-11,13-14H2,1H3,(H,24,25). The zero-order valence-electron chi connectivity index (χ0n) is 15.3. The molecule has 2 aromatic rings. The second-order valence-corrected chi connectivity index (χ2v) is 7.64. The molecule has 4 nitrogen and oxygen atoms in total. The molecule has 2 aromatic carbocycles. The van der Waals surface area contributed by atoms with Gasteiger partial charge >= 0.3 is 0 Å². The normalized spacial score (nSPS) is 16.0. The summed E-state index contributed by atoms with van der Waals surface area (Å²) in [5, 5.41) is 4.05. The van der Waals surface area contributed by atoms with E-state index in [4.69, 9.17) is 32.7 Å². The molecule has 1 aliphatic heterocycles. The number of carbonyl (C=O) groups is 1. The summed E-state index contributed by atoms with van der Waals surface area (Å²) in [5.74, 6) is 0.789. The lowest BCUT2D eigenvalue weighted by atomic mass is 9.74. The van der Waals surface area contributed by atoms with Crippen LogP contribution in [0.1, 0.15) is 24.0 Å². The van der Waals surface area contributed by atoms with Gasteiger partial charge in [0.2, 0.25) is 5.91 Å². The van der Waals surface area contributed by atoms with Crippen LogP contribution in [0.15, 0.2) is 42.5 Å². The first-order chi connectivity index (χ1) is 13.0. The molecule has 6 heteroatoms. The van der Waals surface area contributed by atoms with Gasteiger partial charge in [0.25, 0.3) is 0 Å². The molecule has 3 rings (SSSR count). The second kappa shape index (κ2) is 8.96. The highest BCUT2D eigenvalue weighted by Gasteiger charge is 2.34. The lowest BCUT2D eigenvalue weighted by molar-refractivity contribution is -0.120. The Morgan fingerprint density at radius 1 is 1.11 bits per heavy atom. The molecular formula is C21H23Cl2NO3. The minimum Gasteiger partial charge on any atom is -0.497 e. The van der Waals surface area contributed by atoms with Crippen LogP contribution in [-0.2, 0) is 21.4 Å². The molecular weight excluding hydrogens is 385 g/mol. The van der Waals surface area contributed by atoms with E-state index in [1.807, 2.05) is 18.2 Å². The van der Waals surface area contributed by atoms with Gasteiger partial charge in [-0.15, -0.1) is 0 Å². The third kappa shape index (κ3) is 4.95. The Morgan fingerprint density at radius 3 is 2.44 bits per heavy atom. The van der Waals surface area contributed by atoms with E-state index in [0.717, 1.165) is 24.2 Å². The van der Waals surface area contributed by atoms with Gasteiger partial charge in [-0.25, -0.2) is 0 Å². The van der Waals surface area contributed by atoms with E-state index in [1.54, 1.807) is 19.2 Å². The number of methoxy groups -OCH3 is 1. The molecule has 0 bridgehead atoms. The van der Waals surface area contributed by atoms with E-state index in [1.165, 1.54) is 5.56 Å². The summed E-state index contributed by atoms with van der Waals surface area (Å²) >= 11 is 12.0. The zero-order valence-corrected chi connectivity index (χ0v) is 16.8. The van der Waals surface area contributed by atoms with E-state index < -0.39 is 0 Å². The molecule has 0 spiro atoms. The number of benzene rings is 2. The maximum absolute atomic E-state index is 12.5. The molecule has 0 unspecified atom stereocenters. The number of carbonyl (C=O) groups excluding carboxylic acids is 1. The third-order valence-electron chi connectivity index (χ3n) is 5.12. The molecule has 144 valence electrons. The molecule has 0 aliphatic carbocycles. The average Bonchev–Trinajstić information content (AvgIpc) is 2.70. The topological polar surface area (TPSA) is 47.6 Å². The quantitative estimate of drug-likeness (QED) is 0.771. The van der Waals surface area contributed by atoms with Crippen molar-refractivity contribution in [3.8, 4) is 5.75 Å². The number of rotatable bonds is 6. The highest BCUT2D eigenvalue weighted by Crippen LogP contribution is 2.35. The van der Waals surface area contributed by atoms with Crippen LogP contribution in [0.4, 0.5) is 0 Å². The lowest BCUT2D eigenvalue weighted by Crippen LogP contribution is -2.45. The number of halogens is 2. The van der Waals surface area contributed by atoms with Crippen LogP contribution in [0.2, 0.25) is 10.0 Å². The Bertz CT molecular complexity index is 787. The Morgan fingerprint density at radius 2 is 1.81 bits per heavy atom. The predicted octanol–water partition coefficient (Wildman–Crippen LogP) is 4.41. The van der Waals surface area contributed by atoms with Gasteiger partial charge < -0.3 is 14.8 Å². The van der Waals surface area contributed by atoms with E-state index in [9.17, 15) is 4.79 Å². The van der Waals surface area contributed by atoms with Crippen molar-refractivity contribution in [1.82, 2.24) is 5.32 Å². The summed E-state index contributed by atoms with van der Waals surface area (Å²) in [6.07, 6.45) is 2.00. The Balaban J connectivity index is 1.68. The van der Waals surface area contributed by atoms with E-state index in [-0.39, 0.29) is 17.7 Å². The summed E-state index contributed by atoms with van der Waals surface area (Å²) in [6, 6.07) is 13.3. The fourth-order valence-electron chi connectivity index (χ4n) is 3.44. The first-order valence-electron chi connectivity index (χ1n) is 8.95. The van der Waals surface area contributed by atoms with Crippen molar-refractivity contribution in [2.45, 2.75) is 24.7 Å². The fourth-order valence-corrected chi connectivity index (χ4v) is 3.76. The van der Waals surface area contributed by atoms with Crippen LogP contribution >= 0.6 is 23.2 Å². The van der Waals surface area contributed by atoms with Crippen molar-refractivity contribution in [3.05, 3.63) is 63.6 Å². The lowest BCUT2D eigenvalue weighted by Gasteiger charge is -2.38. The molecule has 27 heavy (non-hydrogen) atoms. The van der Waals surface area contributed by atoms with Crippen LogP contribution in [0.3, 0.4) is 0 Å². The third-order valence-corrected chi connectivity index (χ3v) is 5.86. The van der Waals surface area contributed by atoms with E-state index in [0.29, 0.717) is 29.8 Å². The molecule has 0 aromatic heterocycles. The number of ether oxygens (including phenoxy) is 2. The highest BCUT2D eigenvalue weighted by atomic mass is 35.5. The van der Waals surface area contributed by atoms with Gasteiger partial charge in [-0.2, -0.15) is 0 Å². The van der Waals surface area contributed by atoms with Gasteiger partial charge in [0, 0.05) is 25.2 Å². The largest absolute Gasteiger partial charge is 0.497 e. The molecule has 1 fully saturated rings. The minimum absolute atomic E-state index is 0.0345. The number of nitrogens with one attached hydrogen (secondary N) is 1. The van der Waals surface area contributed by atoms with Gasteiger partial charge in [0.15, 0.2) is 0 Å². The number of amides is 1. The Hall–Kier alpha value is -1.75. The van der Waals surface area contributed by atoms with Gasteiger partial charge in [0.05, 0.1) is 23.6 Å². The molecule has 0 radical (unpaired) electrons. The Labute approximate surface area is 169 Å². The summed E-state index contributed by atoms with van der Waals surface area (Å²) in [7, 11) is 1.66. The van der Waals surface area contributed by atoms with Crippen LogP contribution in [0.25, 0.3) is 0 Å². The zero-order chi connectivity index (χ0) is 19.3. The predicted molar refractivity (Wildman–Crippen MR) is 108 cm³/mol. The molecule has 1 amide bonds. The SMILES string of the molecule is COc1ccc(C2(CNC(=O)Cc3ccc(Cl)c(Cl)c3)CCOCC2)cc1. The average molecular weight is 408 g/mol. The minimum atomic E-state index is -0.127. The maximum Gasteiger partial charge on any atom is 0.224 e. The van der Waals surface area contributed by atoms with Crippen molar-refractivity contribution in [2.24, 2.45) is 0 Å². The molecule has 1 saturated heterocycles. The highest BCUT2D eigenvalue weighted by molar-refractivity contribution is 6.42. The number of hydrogen-bond donors (Lipinski definition) is 1. The van der Waals surface area contributed by atoms with Gasteiger partial charge in [-0.1, -0.05) is 41.4 Å². The van der Waals surface area contributed by atoms with Gasteiger partial charge in [-0.05, 0) is 48.2 Å². The summed E-state index contributed by atoms with van der Waals surface area (Å²) in [6.45, 7) is 1.95. The van der Waals surface area contributed by atoms with E-state index >= 15 is 0 Å². The monoisotopic (exact) mass is 407 g/mol. The van der Waals surface area contributed by atoms with Crippen LogP contribution in [-0.4, -0.2) is 32.8 Å². The van der Waals surface area contributed by atoms with Crippen molar-refractivity contribution in [1.29, 1.82) is 0 Å². The van der Waals surface area contributed by atoms with Crippen molar-refractivity contribution < 1.29 is 14.3 Å². The summed E-state index contributed by atoms with van der Waals surface area (Å²) in [5.41, 5.74) is 1.91. The first kappa shape index (κ1) is 20.0. The smallest absolute Gasteiger partial charge is 0.224 e.